The van der Waals surface area contributed by atoms with E-state index in [1.807, 2.05) is 32.9 Å². The van der Waals surface area contributed by atoms with Crippen molar-refractivity contribution >= 4 is 16.1 Å². The summed E-state index contributed by atoms with van der Waals surface area (Å²) in [6.45, 7) is 8.90. The van der Waals surface area contributed by atoms with Crippen LogP contribution in [-0.2, 0) is 33.3 Å². The van der Waals surface area contributed by atoms with Crippen LogP contribution in [0.25, 0.3) is 0 Å². The van der Waals surface area contributed by atoms with Crippen molar-refractivity contribution in [3.63, 3.8) is 0 Å². The van der Waals surface area contributed by atoms with E-state index in [0.29, 0.717) is 45.3 Å². The van der Waals surface area contributed by atoms with Gasteiger partial charge in [-0.25, -0.2) is 0 Å². The van der Waals surface area contributed by atoms with Gasteiger partial charge in [-0.1, -0.05) is 62.5 Å². The van der Waals surface area contributed by atoms with Gasteiger partial charge in [-0.3, -0.25) is 8.98 Å². The van der Waals surface area contributed by atoms with Gasteiger partial charge in [0.1, 0.15) is 0 Å². The number of unbranched alkanes of at least 4 members (excludes halogenated alkanes) is 5. The summed E-state index contributed by atoms with van der Waals surface area (Å²) in [6.07, 6.45) is 13.1. The lowest BCUT2D eigenvalue weighted by Gasteiger charge is -2.31. The lowest BCUT2D eigenvalue weighted by atomic mass is 9.85. The Hall–Kier alpha value is -1.78. The minimum atomic E-state index is -4.00. The fourth-order valence-electron chi connectivity index (χ4n) is 6.27. The van der Waals surface area contributed by atoms with Crippen LogP contribution in [0.5, 0.6) is 0 Å². The molecular formula is C34H54O8S. The molecule has 3 rings (SSSR count). The van der Waals surface area contributed by atoms with Gasteiger partial charge in [0, 0.05) is 25.7 Å². The van der Waals surface area contributed by atoms with Gasteiger partial charge < -0.3 is 19.3 Å². The fourth-order valence-corrected chi connectivity index (χ4v) is 7.39. The summed E-state index contributed by atoms with van der Waals surface area (Å²) in [5.74, 6) is -1.21. The lowest BCUT2D eigenvalue weighted by Crippen LogP contribution is -2.33. The quantitative estimate of drug-likeness (QED) is 0.0759. The molecule has 1 heterocycles. The van der Waals surface area contributed by atoms with Gasteiger partial charge in [0.05, 0.1) is 36.4 Å². The van der Waals surface area contributed by atoms with E-state index in [1.54, 1.807) is 24.3 Å². The van der Waals surface area contributed by atoms with Crippen LogP contribution < -0.4 is 0 Å². The smallest absolute Gasteiger partial charge is 0.306 e. The zero-order chi connectivity index (χ0) is 31.3. The summed E-state index contributed by atoms with van der Waals surface area (Å²) in [6, 6.07) is 6.64. The SMILES string of the molecule is CCCCCCCC1(CC[C@@H]2[C@@H](CC=CCCCC(=O)OC(C)C)[C@@H](O)C[C@H]2OS(=O)(=O)c2ccc(C)cc2)OCCO1. The summed E-state index contributed by atoms with van der Waals surface area (Å²) < 4.78 is 49.9. The van der Waals surface area contributed by atoms with Gasteiger partial charge >= 0.3 is 5.97 Å². The molecule has 0 amide bonds. The Morgan fingerprint density at radius 2 is 1.72 bits per heavy atom. The first-order chi connectivity index (χ1) is 20.5. The fraction of sp³-hybridized carbons (Fsp3) is 0.735. The molecule has 1 aromatic rings. The first-order valence-corrected chi connectivity index (χ1v) is 17.8. The largest absolute Gasteiger partial charge is 0.463 e. The number of allylic oxidation sites excluding steroid dienone is 2. The standard InChI is InChI=1S/C34H54O8S/c1-5-6-7-10-13-21-34(39-23-24-40-34)22-20-30-29(14-11-8-9-12-15-33(36)41-26(2)3)31(35)25-32(30)42-43(37,38)28-18-16-27(4)17-19-28/h8,11,16-19,26,29-32,35H,5-7,9-10,12-15,20-25H2,1-4H3/t29-,30-,31+,32-/m1/s1. The van der Waals surface area contributed by atoms with Gasteiger partial charge in [-0.05, 0) is 76.8 Å². The first kappa shape index (κ1) is 35.7. The number of esters is 1. The number of aliphatic hydroxyl groups is 1. The molecule has 0 bridgehead atoms. The number of hydrogen-bond acceptors (Lipinski definition) is 8. The third kappa shape index (κ3) is 11.6. The molecule has 9 heteroatoms. The maximum atomic E-state index is 13.3. The maximum Gasteiger partial charge on any atom is 0.306 e. The average Bonchev–Trinajstić information content (AvgIpc) is 3.53. The second kappa shape index (κ2) is 17.6. The third-order valence-electron chi connectivity index (χ3n) is 8.58. The Morgan fingerprint density at radius 3 is 2.40 bits per heavy atom. The molecule has 1 aliphatic heterocycles. The number of aryl methyl sites for hydroxylation is 1. The second-order valence-electron chi connectivity index (χ2n) is 12.5. The van der Waals surface area contributed by atoms with Gasteiger partial charge in [0.2, 0.25) is 0 Å². The van der Waals surface area contributed by atoms with Crippen LogP contribution in [-0.4, -0.2) is 56.8 Å². The van der Waals surface area contributed by atoms with Crippen LogP contribution in [0.15, 0.2) is 41.3 Å². The van der Waals surface area contributed by atoms with Crippen molar-refractivity contribution in [2.45, 2.75) is 140 Å². The number of ether oxygens (including phenoxy) is 3. The maximum absolute atomic E-state index is 13.3. The first-order valence-electron chi connectivity index (χ1n) is 16.4. The predicted molar refractivity (Wildman–Crippen MR) is 167 cm³/mol. The highest BCUT2D eigenvalue weighted by molar-refractivity contribution is 7.86. The van der Waals surface area contributed by atoms with Gasteiger partial charge in [-0.15, -0.1) is 0 Å². The van der Waals surface area contributed by atoms with E-state index in [4.69, 9.17) is 18.4 Å². The van der Waals surface area contributed by atoms with Crippen molar-refractivity contribution < 1.29 is 36.7 Å². The highest BCUT2D eigenvalue weighted by atomic mass is 32.2. The highest BCUT2D eigenvalue weighted by Crippen LogP contribution is 2.43. The van der Waals surface area contributed by atoms with Crippen molar-refractivity contribution in [1.82, 2.24) is 0 Å². The van der Waals surface area contributed by atoms with Crippen molar-refractivity contribution in [2.75, 3.05) is 13.2 Å². The van der Waals surface area contributed by atoms with E-state index >= 15 is 0 Å². The van der Waals surface area contributed by atoms with Crippen LogP contribution in [0.1, 0.15) is 110 Å². The molecule has 1 aromatic carbocycles. The number of carbonyl (C=O) groups is 1. The molecular weight excluding hydrogens is 568 g/mol. The van der Waals surface area contributed by atoms with Crippen molar-refractivity contribution in [3.05, 3.63) is 42.0 Å². The summed E-state index contributed by atoms with van der Waals surface area (Å²) in [7, 11) is -4.00. The molecule has 1 saturated heterocycles. The van der Waals surface area contributed by atoms with Gasteiger partial charge in [-0.2, -0.15) is 8.42 Å². The molecule has 8 nitrogen and oxygen atoms in total. The molecule has 43 heavy (non-hydrogen) atoms. The molecule has 0 radical (unpaired) electrons. The molecule has 244 valence electrons. The average molecular weight is 623 g/mol. The minimum Gasteiger partial charge on any atom is -0.463 e. The molecule has 4 atom stereocenters. The molecule has 2 aliphatic rings. The minimum absolute atomic E-state index is 0.117. The molecule has 0 unspecified atom stereocenters. The third-order valence-corrected chi connectivity index (χ3v) is 9.93. The summed E-state index contributed by atoms with van der Waals surface area (Å²) in [4.78, 5) is 11.9. The number of rotatable bonds is 19. The molecule has 1 saturated carbocycles. The van der Waals surface area contributed by atoms with Gasteiger partial charge in [0.25, 0.3) is 10.1 Å². The molecule has 2 fully saturated rings. The van der Waals surface area contributed by atoms with E-state index in [2.05, 4.69) is 6.92 Å². The topological polar surface area (TPSA) is 108 Å². The molecule has 1 aliphatic carbocycles. The number of hydrogen-bond donors (Lipinski definition) is 1. The van der Waals surface area contributed by atoms with Crippen LogP contribution in [0.2, 0.25) is 0 Å². The van der Waals surface area contributed by atoms with Crippen LogP contribution >= 0.6 is 0 Å². The van der Waals surface area contributed by atoms with Crippen molar-refractivity contribution in [2.24, 2.45) is 11.8 Å². The highest BCUT2D eigenvalue weighted by Gasteiger charge is 2.46. The lowest BCUT2D eigenvalue weighted by molar-refractivity contribution is -0.171. The summed E-state index contributed by atoms with van der Waals surface area (Å²) in [5.41, 5.74) is 0.966. The van der Waals surface area contributed by atoms with Crippen molar-refractivity contribution in [3.8, 4) is 0 Å². The Labute approximate surface area is 259 Å². The molecule has 1 N–H and O–H groups in total. The monoisotopic (exact) mass is 622 g/mol. The normalized spacial score (nSPS) is 23.9. The zero-order valence-electron chi connectivity index (χ0n) is 26.7. The van der Waals surface area contributed by atoms with E-state index in [0.717, 1.165) is 31.2 Å². The number of carbonyl (C=O) groups excluding carboxylic acids is 1. The molecule has 0 aromatic heterocycles. The van der Waals surface area contributed by atoms with E-state index in [-0.39, 0.29) is 35.2 Å². The molecule has 0 spiro atoms. The Balaban J connectivity index is 1.68. The van der Waals surface area contributed by atoms with Gasteiger partial charge in [0.15, 0.2) is 5.79 Å². The Bertz CT molecular complexity index is 1090. The number of aliphatic hydroxyl groups excluding tert-OH is 1. The Kier molecular flexibility index (Phi) is 14.6. The van der Waals surface area contributed by atoms with E-state index in [1.165, 1.54) is 19.3 Å². The number of benzene rings is 1. The van der Waals surface area contributed by atoms with Crippen LogP contribution in [0, 0.1) is 18.8 Å². The van der Waals surface area contributed by atoms with E-state index in [9.17, 15) is 18.3 Å². The second-order valence-corrected chi connectivity index (χ2v) is 14.1. The van der Waals surface area contributed by atoms with Crippen LogP contribution in [0.3, 0.4) is 0 Å². The zero-order valence-corrected chi connectivity index (χ0v) is 27.5. The van der Waals surface area contributed by atoms with Crippen molar-refractivity contribution in [1.29, 1.82) is 0 Å². The van der Waals surface area contributed by atoms with Crippen LogP contribution in [0.4, 0.5) is 0 Å². The predicted octanol–water partition coefficient (Wildman–Crippen LogP) is 7.02. The Morgan fingerprint density at radius 1 is 1.02 bits per heavy atom. The summed E-state index contributed by atoms with van der Waals surface area (Å²) in [5, 5.41) is 11.1. The van der Waals surface area contributed by atoms with E-state index < -0.39 is 28.1 Å². The summed E-state index contributed by atoms with van der Waals surface area (Å²) >= 11 is 0.